The average molecular weight is 279 g/mol. The Balaban J connectivity index is 1.92. The van der Waals surface area contributed by atoms with Crippen LogP contribution in [0.25, 0.3) is 0 Å². The lowest BCUT2D eigenvalue weighted by molar-refractivity contribution is -0.384. The zero-order valence-corrected chi connectivity index (χ0v) is 11.1. The normalized spacial score (nSPS) is 10.2. The summed E-state index contributed by atoms with van der Waals surface area (Å²) >= 11 is 1.53. The summed E-state index contributed by atoms with van der Waals surface area (Å²) in [6.45, 7) is 3.24. The van der Waals surface area contributed by atoms with E-state index in [2.05, 4.69) is 10.3 Å². The van der Waals surface area contributed by atoms with Crippen LogP contribution in [0.5, 0.6) is 5.75 Å². The zero-order valence-electron chi connectivity index (χ0n) is 10.3. The molecule has 0 spiro atoms. The number of nitrogens with zero attached hydrogens (tertiary/aromatic N) is 2. The van der Waals surface area contributed by atoms with Crippen molar-refractivity contribution >= 4 is 22.2 Å². The van der Waals surface area contributed by atoms with Crippen molar-refractivity contribution in [3.63, 3.8) is 0 Å². The minimum absolute atomic E-state index is 0.0552. The van der Waals surface area contributed by atoms with Gasteiger partial charge in [-0.25, -0.2) is 4.98 Å². The topological polar surface area (TPSA) is 77.3 Å². The second kappa shape index (κ2) is 6.14. The maximum absolute atomic E-state index is 10.5. The number of aromatic nitrogens is 1. The Morgan fingerprint density at radius 3 is 2.79 bits per heavy atom. The van der Waals surface area contributed by atoms with Crippen LogP contribution in [0.4, 0.5) is 10.8 Å². The van der Waals surface area contributed by atoms with Crippen LogP contribution in [0.3, 0.4) is 0 Å². The number of nitro benzene ring substituents is 1. The van der Waals surface area contributed by atoms with Crippen molar-refractivity contribution < 1.29 is 9.66 Å². The number of anilines is 1. The zero-order chi connectivity index (χ0) is 13.7. The maximum Gasteiger partial charge on any atom is 0.269 e. The average Bonchev–Trinajstić information content (AvgIpc) is 2.85. The molecule has 7 heteroatoms. The van der Waals surface area contributed by atoms with Crippen LogP contribution in [0.1, 0.15) is 11.8 Å². The Hall–Kier alpha value is -2.15. The number of nitrogens with one attached hydrogen (secondary N) is 1. The molecule has 19 heavy (non-hydrogen) atoms. The summed E-state index contributed by atoms with van der Waals surface area (Å²) in [4.78, 5) is 15.3. The molecule has 0 fully saturated rings. The van der Waals surface area contributed by atoms with E-state index in [-0.39, 0.29) is 5.69 Å². The van der Waals surface area contributed by atoms with Crippen molar-refractivity contribution in [2.45, 2.75) is 13.5 Å². The van der Waals surface area contributed by atoms with Gasteiger partial charge in [0.15, 0.2) is 5.13 Å². The van der Waals surface area contributed by atoms with E-state index in [4.69, 9.17) is 4.74 Å². The van der Waals surface area contributed by atoms with Gasteiger partial charge in [0.2, 0.25) is 0 Å². The third-order valence-electron chi connectivity index (χ3n) is 2.31. The second-order valence-electron chi connectivity index (χ2n) is 3.70. The highest BCUT2D eigenvalue weighted by Gasteiger charge is 2.05. The highest BCUT2D eigenvalue weighted by Crippen LogP contribution is 2.21. The first-order valence-electron chi connectivity index (χ1n) is 5.75. The Labute approximate surface area is 114 Å². The van der Waals surface area contributed by atoms with Gasteiger partial charge in [0.05, 0.1) is 9.80 Å². The molecule has 0 atom stereocenters. The fourth-order valence-electron chi connectivity index (χ4n) is 1.43. The largest absolute Gasteiger partial charge is 0.488 e. The first kappa shape index (κ1) is 13.3. The number of rotatable bonds is 6. The Kier molecular flexibility index (Phi) is 4.30. The number of hydrogen-bond donors (Lipinski definition) is 1. The van der Waals surface area contributed by atoms with Gasteiger partial charge in [-0.15, -0.1) is 0 Å². The molecule has 0 saturated carbocycles. The number of non-ortho nitro benzene ring substituents is 1. The summed E-state index contributed by atoms with van der Waals surface area (Å²) in [6, 6.07) is 6.02. The van der Waals surface area contributed by atoms with Gasteiger partial charge in [-0.05, 0) is 19.1 Å². The first-order valence-corrected chi connectivity index (χ1v) is 6.56. The Morgan fingerprint density at radius 2 is 2.16 bits per heavy atom. The summed E-state index contributed by atoms with van der Waals surface area (Å²) in [5.41, 5.74) is 0.0552. The Morgan fingerprint density at radius 1 is 1.42 bits per heavy atom. The predicted octanol–water partition coefficient (Wildman–Crippen LogP) is 3.06. The van der Waals surface area contributed by atoms with Crippen molar-refractivity contribution in [2.75, 3.05) is 11.9 Å². The van der Waals surface area contributed by atoms with E-state index in [9.17, 15) is 10.1 Å². The van der Waals surface area contributed by atoms with Crippen LogP contribution in [-0.2, 0) is 6.61 Å². The van der Waals surface area contributed by atoms with E-state index in [0.29, 0.717) is 12.4 Å². The molecule has 0 aliphatic heterocycles. The van der Waals surface area contributed by atoms with Gasteiger partial charge in [0.1, 0.15) is 12.4 Å². The fraction of sp³-hybridized carbons (Fsp3) is 0.250. The summed E-state index contributed by atoms with van der Waals surface area (Å²) in [5.74, 6) is 0.601. The summed E-state index contributed by atoms with van der Waals surface area (Å²) < 4.78 is 5.54. The van der Waals surface area contributed by atoms with Crippen LogP contribution < -0.4 is 10.1 Å². The van der Waals surface area contributed by atoms with Crippen LogP contribution in [0, 0.1) is 10.1 Å². The van der Waals surface area contributed by atoms with Gasteiger partial charge >= 0.3 is 0 Å². The number of ether oxygens (including phenoxy) is 1. The van der Waals surface area contributed by atoms with Gasteiger partial charge in [0.25, 0.3) is 5.69 Å². The van der Waals surface area contributed by atoms with Crippen molar-refractivity contribution in [1.82, 2.24) is 4.98 Å². The number of thiazole rings is 1. The molecule has 1 N–H and O–H groups in total. The lowest BCUT2D eigenvalue weighted by Gasteiger charge is -2.03. The third kappa shape index (κ3) is 3.65. The standard InChI is InChI=1S/C12H13N3O3S/c1-2-13-12-14-7-11(19-12)8-18-10-5-3-9(4-6-10)15(16)17/h3-7H,2,8H2,1H3,(H,13,14). The molecule has 0 radical (unpaired) electrons. The molecule has 2 rings (SSSR count). The van der Waals surface area contributed by atoms with Crippen molar-refractivity contribution in [1.29, 1.82) is 0 Å². The molecule has 100 valence electrons. The van der Waals surface area contributed by atoms with E-state index >= 15 is 0 Å². The van der Waals surface area contributed by atoms with Crippen LogP contribution in [0.2, 0.25) is 0 Å². The molecular formula is C12H13N3O3S. The first-order chi connectivity index (χ1) is 9.19. The van der Waals surface area contributed by atoms with E-state index in [1.807, 2.05) is 6.92 Å². The summed E-state index contributed by atoms with van der Waals surface area (Å²) in [7, 11) is 0. The number of benzene rings is 1. The minimum atomic E-state index is -0.435. The molecule has 0 unspecified atom stereocenters. The number of nitro groups is 1. The minimum Gasteiger partial charge on any atom is -0.488 e. The van der Waals surface area contributed by atoms with Crippen LogP contribution in [0.15, 0.2) is 30.5 Å². The molecule has 0 aliphatic carbocycles. The van der Waals surface area contributed by atoms with E-state index in [0.717, 1.165) is 16.6 Å². The highest BCUT2D eigenvalue weighted by atomic mass is 32.1. The lowest BCUT2D eigenvalue weighted by Crippen LogP contribution is -1.94. The van der Waals surface area contributed by atoms with Crippen LogP contribution >= 0.6 is 11.3 Å². The van der Waals surface area contributed by atoms with Gasteiger partial charge in [-0.3, -0.25) is 10.1 Å². The Bertz CT molecular complexity index is 554. The fourth-order valence-corrected chi connectivity index (χ4v) is 2.22. The van der Waals surface area contributed by atoms with Crippen molar-refractivity contribution in [3.05, 3.63) is 45.5 Å². The smallest absolute Gasteiger partial charge is 0.269 e. The molecule has 1 aromatic carbocycles. The highest BCUT2D eigenvalue weighted by molar-refractivity contribution is 7.15. The van der Waals surface area contributed by atoms with Crippen LogP contribution in [-0.4, -0.2) is 16.5 Å². The van der Waals surface area contributed by atoms with Gasteiger partial charge in [0, 0.05) is 24.9 Å². The maximum atomic E-state index is 10.5. The van der Waals surface area contributed by atoms with Gasteiger partial charge in [-0.1, -0.05) is 11.3 Å². The molecule has 6 nitrogen and oxygen atoms in total. The third-order valence-corrected chi connectivity index (χ3v) is 3.24. The molecule has 0 aliphatic rings. The lowest BCUT2D eigenvalue weighted by atomic mass is 10.3. The van der Waals surface area contributed by atoms with E-state index in [1.165, 1.54) is 23.5 Å². The van der Waals surface area contributed by atoms with Crippen molar-refractivity contribution in [2.24, 2.45) is 0 Å². The molecule has 2 aromatic rings. The van der Waals surface area contributed by atoms with E-state index in [1.54, 1.807) is 18.3 Å². The number of hydrogen-bond acceptors (Lipinski definition) is 6. The van der Waals surface area contributed by atoms with Gasteiger partial charge in [-0.2, -0.15) is 0 Å². The molecule has 1 aromatic heterocycles. The predicted molar refractivity (Wildman–Crippen MR) is 73.7 cm³/mol. The monoisotopic (exact) mass is 279 g/mol. The van der Waals surface area contributed by atoms with Gasteiger partial charge < -0.3 is 10.1 Å². The molecular weight excluding hydrogens is 266 g/mol. The molecule has 0 amide bonds. The molecule has 0 saturated heterocycles. The SMILES string of the molecule is CCNc1ncc(COc2ccc([N+](=O)[O-])cc2)s1. The summed E-state index contributed by atoms with van der Waals surface area (Å²) in [6.07, 6.45) is 1.76. The molecule has 1 heterocycles. The van der Waals surface area contributed by atoms with Crippen molar-refractivity contribution in [3.8, 4) is 5.75 Å². The second-order valence-corrected chi connectivity index (χ2v) is 4.82. The quantitative estimate of drug-likeness (QED) is 0.649. The molecule has 0 bridgehead atoms. The summed E-state index contributed by atoms with van der Waals surface area (Å²) in [5, 5.41) is 14.5. The van der Waals surface area contributed by atoms with E-state index < -0.39 is 4.92 Å².